The number of allylic oxidation sites excluding steroid dienone is 1. The number of aromatic nitrogens is 1. The Morgan fingerprint density at radius 2 is 1.96 bits per heavy atom. The van der Waals surface area contributed by atoms with Crippen LogP contribution in [0.4, 0.5) is 0 Å². The number of aromatic amines is 1. The summed E-state index contributed by atoms with van der Waals surface area (Å²) in [6, 6.07) is 4.10. The van der Waals surface area contributed by atoms with E-state index in [1.54, 1.807) is 11.1 Å². The van der Waals surface area contributed by atoms with Gasteiger partial charge in [0.15, 0.2) is 0 Å². The highest BCUT2D eigenvalue weighted by Gasteiger charge is 2.52. The fourth-order valence-electron chi connectivity index (χ4n) is 5.97. The molecule has 5 heteroatoms. The predicted molar refractivity (Wildman–Crippen MR) is 111 cm³/mol. The van der Waals surface area contributed by atoms with Gasteiger partial charge in [0.05, 0.1) is 6.61 Å². The maximum Gasteiger partial charge on any atom is 0.117 e. The standard InChI is InChI=1S/C23H34N4O/c1-17-5-4-6-22(2,3)21(17)13-27-12-19-11-26(14-23(19,15-27)16-28)10-18-7-20(8-24)25-9-18/h7,9,19,25,28H,4-6,10-16H2,1-3H3. The second-order valence-electron chi connectivity index (χ2n) is 10.1. The van der Waals surface area contributed by atoms with Crippen LogP contribution in [0.1, 0.15) is 51.3 Å². The van der Waals surface area contributed by atoms with Gasteiger partial charge < -0.3 is 10.1 Å². The molecular weight excluding hydrogens is 348 g/mol. The van der Waals surface area contributed by atoms with Gasteiger partial charge in [0.25, 0.3) is 0 Å². The van der Waals surface area contributed by atoms with Crippen molar-refractivity contribution >= 4 is 0 Å². The summed E-state index contributed by atoms with van der Waals surface area (Å²) in [5, 5.41) is 19.3. The Morgan fingerprint density at radius 1 is 1.25 bits per heavy atom. The van der Waals surface area contributed by atoms with Crippen molar-refractivity contribution in [2.24, 2.45) is 16.7 Å². The molecule has 1 aromatic heterocycles. The van der Waals surface area contributed by atoms with Gasteiger partial charge in [-0.15, -0.1) is 0 Å². The van der Waals surface area contributed by atoms with Crippen LogP contribution in [0.3, 0.4) is 0 Å². The highest BCUT2D eigenvalue weighted by atomic mass is 16.3. The lowest BCUT2D eigenvalue weighted by Gasteiger charge is -2.37. The highest BCUT2D eigenvalue weighted by molar-refractivity contribution is 5.27. The van der Waals surface area contributed by atoms with E-state index in [9.17, 15) is 5.11 Å². The molecular formula is C23H34N4O. The number of likely N-dealkylation sites (tertiary alicyclic amines) is 2. The van der Waals surface area contributed by atoms with E-state index in [0.29, 0.717) is 17.0 Å². The Kier molecular flexibility index (Phi) is 5.16. The molecule has 2 N–H and O–H groups in total. The number of nitriles is 1. The summed E-state index contributed by atoms with van der Waals surface area (Å²) in [6.45, 7) is 13.4. The van der Waals surface area contributed by atoms with Crippen LogP contribution in [-0.2, 0) is 6.54 Å². The fourth-order valence-corrected chi connectivity index (χ4v) is 5.97. The molecule has 1 aromatic rings. The van der Waals surface area contributed by atoms with Crippen LogP contribution in [0, 0.1) is 28.1 Å². The molecule has 0 bridgehead atoms. The van der Waals surface area contributed by atoms with E-state index in [4.69, 9.17) is 5.26 Å². The van der Waals surface area contributed by atoms with E-state index in [-0.39, 0.29) is 12.0 Å². The smallest absolute Gasteiger partial charge is 0.117 e. The lowest BCUT2D eigenvalue weighted by Crippen LogP contribution is -2.38. The second kappa shape index (κ2) is 7.33. The third-order valence-corrected chi connectivity index (χ3v) is 7.55. The SMILES string of the molecule is CC1=C(CN2CC3CN(Cc4c[nH]c(C#N)c4)CC3(CO)C2)C(C)(C)CCC1. The number of fused-ring (bicyclic) bond motifs is 1. The molecule has 5 nitrogen and oxygen atoms in total. The zero-order chi connectivity index (χ0) is 19.9. The van der Waals surface area contributed by atoms with Crippen molar-refractivity contribution in [3.05, 3.63) is 34.7 Å². The van der Waals surface area contributed by atoms with Gasteiger partial charge in [-0.2, -0.15) is 5.26 Å². The summed E-state index contributed by atoms with van der Waals surface area (Å²) in [7, 11) is 0. The van der Waals surface area contributed by atoms with Gasteiger partial charge in [0.2, 0.25) is 0 Å². The minimum atomic E-state index is 0.00163. The fraction of sp³-hybridized carbons (Fsp3) is 0.696. The zero-order valence-electron chi connectivity index (χ0n) is 17.6. The van der Waals surface area contributed by atoms with Crippen LogP contribution >= 0.6 is 0 Å². The quantitative estimate of drug-likeness (QED) is 0.768. The normalized spacial score (nSPS) is 30.6. The van der Waals surface area contributed by atoms with Gasteiger partial charge >= 0.3 is 0 Å². The molecule has 2 fully saturated rings. The van der Waals surface area contributed by atoms with Crippen molar-refractivity contribution in [2.45, 2.75) is 46.6 Å². The maximum absolute atomic E-state index is 10.3. The van der Waals surface area contributed by atoms with Crippen LogP contribution in [0.25, 0.3) is 0 Å². The first-order chi connectivity index (χ1) is 13.3. The van der Waals surface area contributed by atoms with E-state index in [1.165, 1.54) is 19.3 Å². The molecule has 0 amide bonds. The number of aliphatic hydroxyl groups is 1. The number of nitrogens with zero attached hydrogens (tertiary/aromatic N) is 3. The summed E-state index contributed by atoms with van der Waals surface area (Å²) in [6.07, 6.45) is 5.78. The molecule has 2 saturated heterocycles. The first kappa shape index (κ1) is 19.7. The Hall–Kier alpha value is -1.61. The number of aliphatic hydroxyl groups excluding tert-OH is 1. The van der Waals surface area contributed by atoms with E-state index in [0.717, 1.165) is 44.8 Å². The van der Waals surface area contributed by atoms with Gasteiger partial charge in [-0.25, -0.2) is 0 Å². The molecule has 152 valence electrons. The summed E-state index contributed by atoms with van der Waals surface area (Å²) < 4.78 is 0. The number of nitrogens with one attached hydrogen (secondary N) is 1. The van der Waals surface area contributed by atoms with Crippen LogP contribution in [-0.4, -0.2) is 59.2 Å². The highest BCUT2D eigenvalue weighted by Crippen LogP contribution is 2.45. The van der Waals surface area contributed by atoms with Crippen LogP contribution in [0.2, 0.25) is 0 Å². The van der Waals surface area contributed by atoms with Gasteiger partial charge in [0, 0.05) is 50.9 Å². The van der Waals surface area contributed by atoms with E-state index in [1.807, 2.05) is 12.3 Å². The Labute approximate surface area is 169 Å². The molecule has 1 aliphatic carbocycles. The molecule has 2 unspecified atom stereocenters. The molecule has 2 aliphatic heterocycles. The van der Waals surface area contributed by atoms with Crippen LogP contribution < -0.4 is 0 Å². The summed E-state index contributed by atoms with van der Waals surface area (Å²) in [5.74, 6) is 0.527. The molecule has 4 rings (SSSR count). The first-order valence-corrected chi connectivity index (χ1v) is 10.7. The third-order valence-electron chi connectivity index (χ3n) is 7.55. The van der Waals surface area contributed by atoms with Crippen molar-refractivity contribution in [2.75, 3.05) is 39.3 Å². The average Bonchev–Trinajstić information content (AvgIpc) is 3.31. The zero-order valence-corrected chi connectivity index (χ0v) is 17.6. The van der Waals surface area contributed by atoms with E-state index < -0.39 is 0 Å². The van der Waals surface area contributed by atoms with Crippen molar-refractivity contribution in [3.8, 4) is 6.07 Å². The van der Waals surface area contributed by atoms with Crippen LogP contribution in [0.15, 0.2) is 23.4 Å². The van der Waals surface area contributed by atoms with E-state index in [2.05, 4.69) is 41.6 Å². The second-order valence-corrected chi connectivity index (χ2v) is 10.1. The third kappa shape index (κ3) is 3.54. The molecule has 2 atom stereocenters. The maximum atomic E-state index is 10.3. The van der Waals surface area contributed by atoms with Crippen LogP contribution in [0.5, 0.6) is 0 Å². The van der Waals surface area contributed by atoms with Crippen molar-refractivity contribution in [1.29, 1.82) is 5.26 Å². The van der Waals surface area contributed by atoms with Gasteiger partial charge in [-0.3, -0.25) is 9.80 Å². The average molecular weight is 383 g/mol. The molecule has 0 saturated carbocycles. The Morgan fingerprint density at radius 3 is 2.54 bits per heavy atom. The van der Waals surface area contributed by atoms with E-state index >= 15 is 0 Å². The first-order valence-electron chi connectivity index (χ1n) is 10.7. The molecule has 3 aliphatic rings. The van der Waals surface area contributed by atoms with Gasteiger partial charge in [0.1, 0.15) is 11.8 Å². The van der Waals surface area contributed by atoms with Gasteiger partial charge in [-0.1, -0.05) is 25.0 Å². The van der Waals surface area contributed by atoms with Crippen molar-refractivity contribution in [3.63, 3.8) is 0 Å². The summed E-state index contributed by atoms with van der Waals surface area (Å²) in [5.41, 5.74) is 5.32. The summed E-state index contributed by atoms with van der Waals surface area (Å²) >= 11 is 0. The molecule has 0 aromatic carbocycles. The minimum Gasteiger partial charge on any atom is -0.396 e. The lowest BCUT2D eigenvalue weighted by molar-refractivity contribution is 0.112. The summed E-state index contributed by atoms with van der Waals surface area (Å²) in [4.78, 5) is 8.08. The minimum absolute atomic E-state index is 0.00163. The molecule has 28 heavy (non-hydrogen) atoms. The number of H-pyrrole nitrogens is 1. The Bertz CT molecular complexity index is 802. The van der Waals surface area contributed by atoms with Crippen molar-refractivity contribution in [1.82, 2.24) is 14.8 Å². The molecule has 3 heterocycles. The Balaban J connectivity index is 1.42. The van der Waals surface area contributed by atoms with Gasteiger partial charge in [-0.05, 0) is 49.1 Å². The largest absolute Gasteiger partial charge is 0.396 e. The molecule has 0 radical (unpaired) electrons. The molecule has 0 spiro atoms. The number of rotatable bonds is 5. The monoisotopic (exact) mass is 382 g/mol. The lowest BCUT2D eigenvalue weighted by atomic mass is 9.72. The number of hydrogen-bond acceptors (Lipinski definition) is 4. The number of hydrogen-bond donors (Lipinski definition) is 2. The van der Waals surface area contributed by atoms with Crippen molar-refractivity contribution < 1.29 is 5.11 Å². The topological polar surface area (TPSA) is 66.3 Å². The predicted octanol–water partition coefficient (Wildman–Crippen LogP) is 3.14.